The van der Waals surface area contributed by atoms with Crippen LogP contribution in [0.3, 0.4) is 0 Å². The molecule has 0 bridgehead atoms. The molecule has 0 heterocycles. The van der Waals surface area contributed by atoms with Crippen molar-refractivity contribution in [3.05, 3.63) is 28.7 Å². The van der Waals surface area contributed by atoms with E-state index in [-0.39, 0.29) is 11.3 Å². The molecule has 0 aromatic heterocycles. The Kier molecular flexibility index (Phi) is 7.19. The minimum Gasteiger partial charge on any atom is -0.385 e. The molecular weight excluding hydrogens is 320 g/mol. The number of hydrogen-bond donors (Lipinski definition) is 2. The summed E-state index contributed by atoms with van der Waals surface area (Å²) in [4.78, 5) is 11.8. The lowest BCUT2D eigenvalue weighted by Crippen LogP contribution is -2.35. The maximum atomic E-state index is 11.8. The van der Waals surface area contributed by atoms with Crippen molar-refractivity contribution in [1.29, 1.82) is 0 Å². The molecule has 2 N–H and O–H groups in total. The van der Waals surface area contributed by atoms with Crippen molar-refractivity contribution in [1.82, 2.24) is 5.32 Å². The number of amides is 1. The van der Waals surface area contributed by atoms with E-state index in [1.165, 1.54) is 0 Å². The Morgan fingerprint density at radius 2 is 1.95 bits per heavy atom. The standard InChI is InChI=1S/C15H23BrN2O2/c1-15(2,8-9-20-3)11-17-10-14(19)18-13-6-4-12(16)5-7-13/h4-7,17H,8-11H2,1-3H3,(H,18,19). The molecule has 1 aromatic rings. The van der Waals surface area contributed by atoms with Crippen LogP contribution in [0.2, 0.25) is 0 Å². The molecule has 1 amide bonds. The lowest BCUT2D eigenvalue weighted by molar-refractivity contribution is -0.115. The van der Waals surface area contributed by atoms with E-state index in [1.807, 2.05) is 24.3 Å². The maximum Gasteiger partial charge on any atom is 0.238 e. The Bertz CT molecular complexity index is 418. The average Bonchev–Trinajstić information content (AvgIpc) is 2.39. The summed E-state index contributed by atoms with van der Waals surface area (Å²) in [5, 5.41) is 6.04. The van der Waals surface area contributed by atoms with E-state index in [2.05, 4.69) is 40.4 Å². The largest absolute Gasteiger partial charge is 0.385 e. The second-order valence-electron chi connectivity index (χ2n) is 5.57. The van der Waals surface area contributed by atoms with Gasteiger partial charge in [-0.3, -0.25) is 4.79 Å². The molecule has 1 aromatic carbocycles. The maximum absolute atomic E-state index is 11.8. The van der Waals surface area contributed by atoms with Crippen LogP contribution in [0.4, 0.5) is 5.69 Å². The van der Waals surface area contributed by atoms with Crippen molar-refractivity contribution in [3.63, 3.8) is 0 Å². The SMILES string of the molecule is COCCC(C)(C)CNCC(=O)Nc1ccc(Br)cc1. The fourth-order valence-electron chi connectivity index (χ4n) is 1.72. The summed E-state index contributed by atoms with van der Waals surface area (Å²) in [6.07, 6.45) is 0.963. The van der Waals surface area contributed by atoms with Gasteiger partial charge in [0.15, 0.2) is 0 Å². The van der Waals surface area contributed by atoms with E-state index in [1.54, 1.807) is 7.11 Å². The van der Waals surface area contributed by atoms with Crippen molar-refractivity contribution in [2.75, 3.05) is 32.1 Å². The van der Waals surface area contributed by atoms with Crippen LogP contribution in [0.15, 0.2) is 28.7 Å². The van der Waals surface area contributed by atoms with Gasteiger partial charge in [-0.15, -0.1) is 0 Å². The van der Waals surface area contributed by atoms with Crippen molar-refractivity contribution in [2.45, 2.75) is 20.3 Å². The zero-order chi connectivity index (χ0) is 15.0. The smallest absolute Gasteiger partial charge is 0.238 e. The molecule has 0 aliphatic carbocycles. The third-order valence-corrected chi connectivity index (χ3v) is 3.53. The van der Waals surface area contributed by atoms with Crippen LogP contribution in [0.5, 0.6) is 0 Å². The molecular formula is C15H23BrN2O2. The number of anilines is 1. The van der Waals surface area contributed by atoms with Gasteiger partial charge < -0.3 is 15.4 Å². The molecule has 0 radical (unpaired) electrons. The van der Waals surface area contributed by atoms with Crippen LogP contribution in [0.25, 0.3) is 0 Å². The zero-order valence-electron chi connectivity index (χ0n) is 12.3. The van der Waals surface area contributed by atoms with Gasteiger partial charge in [0.1, 0.15) is 0 Å². The Morgan fingerprint density at radius 3 is 2.55 bits per heavy atom. The predicted octanol–water partition coefficient (Wildman–Crippen LogP) is 3.04. The highest BCUT2D eigenvalue weighted by Crippen LogP contribution is 2.18. The lowest BCUT2D eigenvalue weighted by atomic mass is 9.90. The molecule has 4 nitrogen and oxygen atoms in total. The minimum absolute atomic E-state index is 0.0325. The van der Waals surface area contributed by atoms with Gasteiger partial charge in [0, 0.05) is 30.4 Å². The van der Waals surface area contributed by atoms with Crippen LogP contribution >= 0.6 is 15.9 Å². The fraction of sp³-hybridized carbons (Fsp3) is 0.533. The molecule has 0 saturated carbocycles. The summed E-state index contributed by atoms with van der Waals surface area (Å²) in [7, 11) is 1.70. The summed E-state index contributed by atoms with van der Waals surface area (Å²) in [5.41, 5.74) is 0.923. The van der Waals surface area contributed by atoms with Crippen molar-refractivity contribution < 1.29 is 9.53 Å². The first-order chi connectivity index (χ1) is 9.43. The number of carbonyl (C=O) groups is 1. The molecule has 0 atom stereocenters. The van der Waals surface area contributed by atoms with Crippen molar-refractivity contribution >= 4 is 27.5 Å². The number of nitrogens with one attached hydrogen (secondary N) is 2. The van der Waals surface area contributed by atoms with Crippen LogP contribution in [0.1, 0.15) is 20.3 Å². The molecule has 0 unspecified atom stereocenters. The molecule has 0 aliphatic rings. The van der Waals surface area contributed by atoms with E-state index in [9.17, 15) is 4.79 Å². The first-order valence-corrected chi connectivity index (χ1v) is 7.47. The third kappa shape index (κ3) is 7.03. The predicted molar refractivity (Wildman–Crippen MR) is 85.9 cm³/mol. The molecule has 20 heavy (non-hydrogen) atoms. The number of methoxy groups -OCH3 is 1. The summed E-state index contributed by atoms with van der Waals surface area (Å²) in [5.74, 6) is -0.0325. The van der Waals surface area contributed by atoms with Gasteiger partial charge in [-0.25, -0.2) is 0 Å². The van der Waals surface area contributed by atoms with E-state index in [0.717, 1.165) is 29.7 Å². The highest BCUT2D eigenvalue weighted by atomic mass is 79.9. The van der Waals surface area contributed by atoms with Gasteiger partial charge in [-0.2, -0.15) is 0 Å². The Labute approximate surface area is 129 Å². The first kappa shape index (κ1) is 17.1. The highest BCUT2D eigenvalue weighted by Gasteiger charge is 2.17. The van der Waals surface area contributed by atoms with Crippen LogP contribution < -0.4 is 10.6 Å². The van der Waals surface area contributed by atoms with Crippen molar-refractivity contribution in [3.8, 4) is 0 Å². The molecule has 0 saturated heterocycles. The van der Waals surface area contributed by atoms with Crippen LogP contribution in [-0.4, -0.2) is 32.7 Å². The molecule has 0 fully saturated rings. The quantitative estimate of drug-likeness (QED) is 0.763. The van der Waals surface area contributed by atoms with Gasteiger partial charge in [-0.1, -0.05) is 29.8 Å². The normalized spacial score (nSPS) is 11.4. The second kappa shape index (κ2) is 8.39. The van der Waals surface area contributed by atoms with E-state index < -0.39 is 0 Å². The molecule has 0 aliphatic heterocycles. The minimum atomic E-state index is -0.0325. The summed E-state index contributed by atoms with van der Waals surface area (Å²) < 4.78 is 6.08. The number of halogens is 1. The number of ether oxygens (including phenoxy) is 1. The van der Waals surface area contributed by atoms with Gasteiger partial charge in [0.25, 0.3) is 0 Å². The van der Waals surface area contributed by atoms with Crippen LogP contribution in [-0.2, 0) is 9.53 Å². The van der Waals surface area contributed by atoms with E-state index in [0.29, 0.717) is 6.54 Å². The number of benzene rings is 1. The van der Waals surface area contributed by atoms with Gasteiger partial charge >= 0.3 is 0 Å². The second-order valence-corrected chi connectivity index (χ2v) is 6.48. The van der Waals surface area contributed by atoms with E-state index >= 15 is 0 Å². The number of rotatable bonds is 8. The number of carbonyl (C=O) groups excluding carboxylic acids is 1. The highest BCUT2D eigenvalue weighted by molar-refractivity contribution is 9.10. The first-order valence-electron chi connectivity index (χ1n) is 6.68. The number of hydrogen-bond acceptors (Lipinski definition) is 3. The monoisotopic (exact) mass is 342 g/mol. The average molecular weight is 343 g/mol. The zero-order valence-corrected chi connectivity index (χ0v) is 13.9. The molecule has 1 rings (SSSR count). The van der Waals surface area contributed by atoms with Gasteiger partial charge in [0.05, 0.1) is 6.54 Å². The van der Waals surface area contributed by atoms with Gasteiger partial charge in [-0.05, 0) is 36.1 Å². The molecule has 5 heteroatoms. The molecule has 0 spiro atoms. The van der Waals surface area contributed by atoms with Crippen LogP contribution in [0, 0.1) is 5.41 Å². The third-order valence-electron chi connectivity index (χ3n) is 3.00. The molecule has 112 valence electrons. The lowest BCUT2D eigenvalue weighted by Gasteiger charge is -2.24. The topological polar surface area (TPSA) is 50.4 Å². The Balaban J connectivity index is 2.28. The summed E-state index contributed by atoms with van der Waals surface area (Å²) >= 11 is 3.36. The van der Waals surface area contributed by atoms with E-state index in [4.69, 9.17) is 4.74 Å². The summed E-state index contributed by atoms with van der Waals surface area (Å²) in [6, 6.07) is 7.53. The summed E-state index contributed by atoms with van der Waals surface area (Å²) in [6.45, 7) is 6.15. The van der Waals surface area contributed by atoms with Gasteiger partial charge in [0.2, 0.25) is 5.91 Å². The Morgan fingerprint density at radius 1 is 1.30 bits per heavy atom. The fourth-order valence-corrected chi connectivity index (χ4v) is 1.98. The van der Waals surface area contributed by atoms with Crippen molar-refractivity contribution in [2.24, 2.45) is 5.41 Å². The Hall–Kier alpha value is -0.910.